The molecule has 2 atom stereocenters. The zero-order valence-electron chi connectivity index (χ0n) is 24.0. The van der Waals surface area contributed by atoms with Crippen LogP contribution >= 0.6 is 0 Å². The summed E-state index contributed by atoms with van der Waals surface area (Å²) in [5.74, 6) is -1.94. The van der Waals surface area contributed by atoms with Gasteiger partial charge in [0, 0.05) is 35.5 Å². The van der Waals surface area contributed by atoms with Gasteiger partial charge < -0.3 is 25.4 Å². The van der Waals surface area contributed by atoms with E-state index in [9.17, 15) is 26.7 Å². The Labute approximate surface area is 256 Å². The molecule has 1 amide bonds. The number of benzene rings is 4. The minimum absolute atomic E-state index is 0.0782. The SMILES string of the molecule is O=C(Nc1ccc(OC2CCNC2)c(-c2ccccc2C(F)(F)F)c1)c1ccc(OC2CCNC2)c(-c2ccc(F)c(F)c2)c1. The molecule has 2 heterocycles. The molecule has 4 aromatic rings. The van der Waals surface area contributed by atoms with E-state index < -0.39 is 29.3 Å². The van der Waals surface area contributed by atoms with Gasteiger partial charge in [-0.15, -0.1) is 0 Å². The molecule has 3 N–H and O–H groups in total. The summed E-state index contributed by atoms with van der Waals surface area (Å²) in [4.78, 5) is 13.5. The lowest BCUT2D eigenvalue weighted by atomic mass is 9.97. The number of ether oxygens (including phenoxy) is 2. The summed E-state index contributed by atoms with van der Waals surface area (Å²) >= 11 is 0. The molecular weight excluding hydrogens is 593 g/mol. The highest BCUT2D eigenvalue weighted by Crippen LogP contribution is 2.42. The summed E-state index contributed by atoms with van der Waals surface area (Å²) in [7, 11) is 0. The largest absolute Gasteiger partial charge is 0.488 e. The first kappa shape index (κ1) is 30.5. The van der Waals surface area contributed by atoms with Crippen LogP contribution in [0.15, 0.2) is 78.9 Å². The Hall–Kier alpha value is -4.48. The molecule has 2 unspecified atom stereocenters. The van der Waals surface area contributed by atoms with Crippen molar-refractivity contribution in [3.63, 3.8) is 0 Å². The summed E-state index contributed by atoms with van der Waals surface area (Å²) in [6.45, 7) is 2.70. The van der Waals surface area contributed by atoms with Crippen molar-refractivity contribution in [3.05, 3.63) is 102 Å². The molecular formula is C34H30F5N3O3. The molecule has 0 radical (unpaired) electrons. The molecule has 4 aromatic carbocycles. The van der Waals surface area contributed by atoms with Crippen LogP contribution < -0.4 is 25.4 Å². The maximum Gasteiger partial charge on any atom is 0.417 e. The number of hydrogen-bond donors (Lipinski definition) is 3. The highest BCUT2D eigenvalue weighted by molar-refractivity contribution is 6.05. The van der Waals surface area contributed by atoms with Gasteiger partial charge in [0.2, 0.25) is 0 Å². The summed E-state index contributed by atoms with van der Waals surface area (Å²) in [6, 6.07) is 17.9. The molecule has 6 nitrogen and oxygen atoms in total. The first-order chi connectivity index (χ1) is 21.7. The van der Waals surface area contributed by atoms with Crippen LogP contribution in [0.3, 0.4) is 0 Å². The van der Waals surface area contributed by atoms with Crippen LogP contribution in [0.4, 0.5) is 27.6 Å². The van der Waals surface area contributed by atoms with Gasteiger partial charge in [0.05, 0.1) is 5.56 Å². The van der Waals surface area contributed by atoms with Crippen LogP contribution in [0, 0.1) is 11.6 Å². The number of alkyl halides is 3. The number of halogens is 5. The summed E-state index contributed by atoms with van der Waals surface area (Å²) in [6.07, 6.45) is -3.49. The van der Waals surface area contributed by atoms with Crippen LogP contribution in [0.2, 0.25) is 0 Å². The molecule has 6 rings (SSSR count). The Bertz CT molecular complexity index is 1700. The summed E-state index contributed by atoms with van der Waals surface area (Å²) < 4.78 is 82.2. The van der Waals surface area contributed by atoms with Gasteiger partial charge in [0.25, 0.3) is 5.91 Å². The minimum atomic E-state index is -4.61. The molecule has 2 fully saturated rings. The van der Waals surface area contributed by atoms with Crippen molar-refractivity contribution in [2.75, 3.05) is 31.5 Å². The van der Waals surface area contributed by atoms with Gasteiger partial charge in [-0.3, -0.25) is 4.79 Å². The van der Waals surface area contributed by atoms with Gasteiger partial charge >= 0.3 is 6.18 Å². The quantitative estimate of drug-likeness (QED) is 0.184. The average Bonchev–Trinajstić information content (AvgIpc) is 3.74. The molecule has 45 heavy (non-hydrogen) atoms. The molecule has 0 saturated carbocycles. The fraction of sp³-hybridized carbons (Fsp3) is 0.265. The second-order valence-electron chi connectivity index (χ2n) is 11.0. The first-order valence-electron chi connectivity index (χ1n) is 14.6. The van der Waals surface area contributed by atoms with E-state index in [0.717, 1.165) is 37.7 Å². The molecule has 2 saturated heterocycles. The average molecular weight is 624 g/mol. The van der Waals surface area contributed by atoms with Gasteiger partial charge in [-0.1, -0.05) is 24.3 Å². The maximum atomic E-state index is 14.2. The molecule has 0 aliphatic carbocycles. The van der Waals surface area contributed by atoms with E-state index in [-0.39, 0.29) is 40.3 Å². The van der Waals surface area contributed by atoms with E-state index >= 15 is 0 Å². The number of nitrogens with one attached hydrogen (secondary N) is 3. The number of hydrogen-bond acceptors (Lipinski definition) is 5. The van der Waals surface area contributed by atoms with Gasteiger partial charge in [0.15, 0.2) is 11.6 Å². The van der Waals surface area contributed by atoms with Crippen molar-refractivity contribution in [1.29, 1.82) is 0 Å². The first-order valence-corrected chi connectivity index (χ1v) is 14.6. The topological polar surface area (TPSA) is 71.6 Å². The number of rotatable bonds is 8. The fourth-order valence-corrected chi connectivity index (χ4v) is 5.57. The van der Waals surface area contributed by atoms with E-state index in [2.05, 4.69) is 16.0 Å². The van der Waals surface area contributed by atoms with E-state index in [1.54, 1.807) is 24.3 Å². The second-order valence-corrected chi connectivity index (χ2v) is 11.0. The normalized spacial score (nSPS) is 18.2. The van der Waals surface area contributed by atoms with Crippen LogP contribution in [-0.4, -0.2) is 44.3 Å². The molecule has 234 valence electrons. The molecule has 11 heteroatoms. The lowest BCUT2D eigenvalue weighted by Gasteiger charge is -2.20. The van der Waals surface area contributed by atoms with Gasteiger partial charge in [-0.2, -0.15) is 13.2 Å². The Morgan fingerprint density at radius 1 is 0.733 bits per heavy atom. The Morgan fingerprint density at radius 3 is 2.04 bits per heavy atom. The molecule has 2 aliphatic rings. The van der Waals surface area contributed by atoms with Crippen LogP contribution in [0.5, 0.6) is 11.5 Å². The van der Waals surface area contributed by atoms with Crippen molar-refractivity contribution in [2.45, 2.75) is 31.2 Å². The van der Waals surface area contributed by atoms with Crippen molar-refractivity contribution in [3.8, 4) is 33.8 Å². The van der Waals surface area contributed by atoms with Crippen molar-refractivity contribution in [1.82, 2.24) is 10.6 Å². The zero-order valence-corrected chi connectivity index (χ0v) is 24.0. The predicted molar refractivity (Wildman–Crippen MR) is 160 cm³/mol. The number of anilines is 1. The van der Waals surface area contributed by atoms with Crippen molar-refractivity contribution < 1.29 is 36.2 Å². The van der Waals surface area contributed by atoms with E-state index in [4.69, 9.17) is 9.47 Å². The van der Waals surface area contributed by atoms with E-state index in [1.807, 2.05) is 0 Å². The number of carbonyl (C=O) groups is 1. The van der Waals surface area contributed by atoms with Gasteiger partial charge in [0.1, 0.15) is 23.7 Å². The highest BCUT2D eigenvalue weighted by atomic mass is 19.4. The smallest absolute Gasteiger partial charge is 0.417 e. The minimum Gasteiger partial charge on any atom is -0.488 e. The van der Waals surface area contributed by atoms with Crippen molar-refractivity contribution in [2.24, 2.45) is 0 Å². The highest BCUT2D eigenvalue weighted by Gasteiger charge is 2.34. The Balaban J connectivity index is 1.34. The van der Waals surface area contributed by atoms with Crippen LogP contribution in [-0.2, 0) is 6.18 Å². The van der Waals surface area contributed by atoms with Crippen molar-refractivity contribution >= 4 is 11.6 Å². The van der Waals surface area contributed by atoms with Crippen LogP contribution in [0.25, 0.3) is 22.3 Å². The standard InChI is InChI=1S/C34H30F5N3O3/c35-29-8-5-20(16-30(29)36)26-15-21(6-9-31(26)44-23-11-13-40-18-23)33(43)42-22-7-10-32(45-24-12-14-41-19-24)27(17-22)25-3-1-2-4-28(25)34(37,38)39/h1-10,15-17,23-24,40-41H,11-14,18-19H2,(H,42,43). The molecule has 0 aromatic heterocycles. The van der Waals surface area contributed by atoms with Crippen LogP contribution in [0.1, 0.15) is 28.8 Å². The van der Waals surface area contributed by atoms with E-state index in [1.165, 1.54) is 36.4 Å². The van der Waals surface area contributed by atoms with E-state index in [0.29, 0.717) is 36.4 Å². The summed E-state index contributed by atoms with van der Waals surface area (Å²) in [5.41, 5.74) is 0.416. The Morgan fingerprint density at radius 2 is 1.40 bits per heavy atom. The zero-order chi connectivity index (χ0) is 31.6. The Kier molecular flexibility index (Phi) is 8.73. The number of carbonyl (C=O) groups excluding carboxylic acids is 1. The fourth-order valence-electron chi connectivity index (χ4n) is 5.57. The van der Waals surface area contributed by atoms with Gasteiger partial charge in [-0.25, -0.2) is 8.78 Å². The third-order valence-electron chi connectivity index (χ3n) is 7.85. The lowest BCUT2D eigenvalue weighted by Crippen LogP contribution is -2.20. The summed E-state index contributed by atoms with van der Waals surface area (Å²) in [5, 5.41) is 9.15. The third kappa shape index (κ3) is 6.94. The monoisotopic (exact) mass is 623 g/mol. The third-order valence-corrected chi connectivity index (χ3v) is 7.85. The second kappa shape index (κ2) is 12.9. The maximum absolute atomic E-state index is 14.2. The number of amides is 1. The molecule has 2 aliphatic heterocycles. The lowest BCUT2D eigenvalue weighted by molar-refractivity contribution is -0.137. The predicted octanol–water partition coefficient (Wildman–Crippen LogP) is 7.05. The van der Waals surface area contributed by atoms with Gasteiger partial charge in [-0.05, 0) is 91.7 Å². The molecule has 0 spiro atoms. The molecule has 0 bridgehead atoms.